The van der Waals surface area contributed by atoms with Gasteiger partial charge >= 0.3 is 6.03 Å². The molecule has 3 amide bonds. The largest absolute Gasteiger partial charge is 0.424 e. The molecule has 0 saturated carbocycles. The van der Waals surface area contributed by atoms with E-state index in [1.165, 1.54) is 6.92 Å². The Hall–Kier alpha value is -2.84. The Morgan fingerprint density at radius 1 is 1.30 bits per heavy atom. The van der Waals surface area contributed by atoms with Gasteiger partial charge in [-0.25, -0.2) is 13.6 Å². The minimum atomic E-state index is -1.71. The summed E-state index contributed by atoms with van der Waals surface area (Å²) in [6, 6.07) is 1.97. The fraction of sp³-hybridized carbons (Fsp3) is 0.286. The standard InChI is InChI=1S/C14H12F2N4O3/c1-7-18-19-11(23-7)6-20-12(21)14(2,17-13(20)22)9-5-8(15)3-4-10(9)16/h3-5H,6H2,1-2H3,(H,17,22). The molecule has 0 aliphatic carbocycles. The van der Waals surface area contributed by atoms with Crippen molar-refractivity contribution < 1.29 is 22.8 Å². The van der Waals surface area contributed by atoms with Crippen LogP contribution in [0.3, 0.4) is 0 Å². The molecule has 2 aromatic rings. The highest BCUT2D eigenvalue weighted by molar-refractivity contribution is 6.07. The molecule has 0 radical (unpaired) electrons. The molecule has 1 atom stereocenters. The van der Waals surface area contributed by atoms with Crippen LogP contribution in [-0.2, 0) is 16.9 Å². The summed E-state index contributed by atoms with van der Waals surface area (Å²) in [5, 5.41) is 9.69. The zero-order chi connectivity index (χ0) is 16.8. The quantitative estimate of drug-likeness (QED) is 0.868. The number of aryl methyl sites for hydroxylation is 1. The summed E-state index contributed by atoms with van der Waals surface area (Å²) in [4.78, 5) is 25.5. The number of nitrogens with one attached hydrogen (secondary N) is 1. The van der Waals surface area contributed by atoms with E-state index >= 15 is 0 Å². The molecule has 23 heavy (non-hydrogen) atoms. The van der Waals surface area contributed by atoms with Gasteiger partial charge in [0.05, 0.1) is 0 Å². The Bertz CT molecular complexity index is 807. The lowest BCUT2D eigenvalue weighted by Crippen LogP contribution is -2.41. The van der Waals surface area contributed by atoms with Crippen molar-refractivity contribution in [3.63, 3.8) is 0 Å². The van der Waals surface area contributed by atoms with Gasteiger partial charge in [-0.3, -0.25) is 9.69 Å². The van der Waals surface area contributed by atoms with Gasteiger partial charge in [-0.2, -0.15) is 0 Å². The van der Waals surface area contributed by atoms with E-state index in [-0.39, 0.29) is 23.9 Å². The molecule has 120 valence electrons. The molecular weight excluding hydrogens is 310 g/mol. The fourth-order valence-electron chi connectivity index (χ4n) is 2.44. The molecule has 1 N–H and O–H groups in total. The minimum absolute atomic E-state index is 0.0648. The van der Waals surface area contributed by atoms with Gasteiger partial charge in [0.25, 0.3) is 5.91 Å². The summed E-state index contributed by atoms with van der Waals surface area (Å²) in [5.74, 6) is -1.89. The molecule has 0 bridgehead atoms. The lowest BCUT2D eigenvalue weighted by atomic mass is 9.91. The normalized spacial score (nSPS) is 21.0. The fourth-order valence-corrected chi connectivity index (χ4v) is 2.44. The summed E-state index contributed by atoms with van der Waals surface area (Å²) in [6.07, 6.45) is 0. The van der Waals surface area contributed by atoms with Crippen molar-refractivity contribution in [2.24, 2.45) is 0 Å². The number of halogens is 2. The minimum Gasteiger partial charge on any atom is -0.424 e. The monoisotopic (exact) mass is 322 g/mol. The number of hydrogen-bond acceptors (Lipinski definition) is 5. The molecule has 1 aliphatic heterocycles. The molecule has 1 saturated heterocycles. The van der Waals surface area contributed by atoms with Crippen LogP contribution in [0.1, 0.15) is 24.3 Å². The predicted molar refractivity (Wildman–Crippen MR) is 71.8 cm³/mol. The number of aromatic nitrogens is 2. The second-order valence-corrected chi connectivity index (χ2v) is 5.29. The average Bonchev–Trinajstić information content (AvgIpc) is 2.99. The van der Waals surface area contributed by atoms with Crippen LogP contribution in [0.4, 0.5) is 13.6 Å². The molecule has 2 heterocycles. The van der Waals surface area contributed by atoms with E-state index in [1.54, 1.807) is 6.92 Å². The Balaban J connectivity index is 1.95. The zero-order valence-corrected chi connectivity index (χ0v) is 12.3. The van der Waals surface area contributed by atoms with E-state index < -0.39 is 29.1 Å². The molecule has 1 unspecified atom stereocenters. The number of hydrogen-bond donors (Lipinski definition) is 1. The lowest BCUT2D eigenvalue weighted by molar-refractivity contribution is -0.131. The Morgan fingerprint density at radius 3 is 2.70 bits per heavy atom. The maximum atomic E-state index is 14.0. The molecule has 1 aromatic heterocycles. The molecule has 9 heteroatoms. The van der Waals surface area contributed by atoms with Crippen molar-refractivity contribution >= 4 is 11.9 Å². The van der Waals surface area contributed by atoms with Crippen LogP contribution in [0.15, 0.2) is 22.6 Å². The van der Waals surface area contributed by atoms with E-state index in [1.807, 2.05) is 0 Å². The maximum absolute atomic E-state index is 14.0. The number of urea groups is 1. The zero-order valence-electron chi connectivity index (χ0n) is 12.3. The van der Waals surface area contributed by atoms with Crippen LogP contribution in [0.25, 0.3) is 0 Å². The van der Waals surface area contributed by atoms with Crippen molar-refractivity contribution in [1.82, 2.24) is 20.4 Å². The number of nitrogens with zero attached hydrogens (tertiary/aromatic N) is 3. The first-order chi connectivity index (χ1) is 10.8. The van der Waals surface area contributed by atoms with Crippen LogP contribution in [0, 0.1) is 18.6 Å². The van der Waals surface area contributed by atoms with E-state index in [4.69, 9.17) is 4.42 Å². The second-order valence-electron chi connectivity index (χ2n) is 5.29. The number of imide groups is 1. The second kappa shape index (κ2) is 5.11. The van der Waals surface area contributed by atoms with E-state index in [0.29, 0.717) is 0 Å². The van der Waals surface area contributed by atoms with Gasteiger partial charge < -0.3 is 9.73 Å². The predicted octanol–water partition coefficient (Wildman–Crippen LogP) is 1.62. The van der Waals surface area contributed by atoms with Crippen molar-refractivity contribution in [3.05, 3.63) is 47.2 Å². The van der Waals surface area contributed by atoms with Crippen molar-refractivity contribution in [2.45, 2.75) is 25.9 Å². The van der Waals surface area contributed by atoms with E-state index in [2.05, 4.69) is 15.5 Å². The van der Waals surface area contributed by atoms with E-state index in [0.717, 1.165) is 23.1 Å². The Kier molecular flexibility index (Phi) is 3.35. The van der Waals surface area contributed by atoms with Crippen molar-refractivity contribution in [1.29, 1.82) is 0 Å². The first-order valence-corrected chi connectivity index (χ1v) is 6.70. The van der Waals surface area contributed by atoms with Crippen LogP contribution in [-0.4, -0.2) is 27.0 Å². The highest BCUT2D eigenvalue weighted by Gasteiger charge is 2.50. The van der Waals surface area contributed by atoms with Crippen LogP contribution in [0.5, 0.6) is 0 Å². The SMILES string of the molecule is Cc1nnc(CN2C(=O)NC(C)(c3cc(F)ccc3F)C2=O)o1. The molecule has 1 aromatic carbocycles. The molecule has 1 fully saturated rings. The highest BCUT2D eigenvalue weighted by Crippen LogP contribution is 2.31. The smallest absolute Gasteiger partial charge is 0.325 e. The lowest BCUT2D eigenvalue weighted by Gasteiger charge is -2.22. The summed E-state index contributed by atoms with van der Waals surface area (Å²) in [6.45, 7) is 2.62. The summed E-state index contributed by atoms with van der Waals surface area (Å²) >= 11 is 0. The number of carbonyl (C=O) groups is 2. The van der Waals surface area contributed by atoms with Gasteiger partial charge in [-0.15, -0.1) is 10.2 Å². The van der Waals surface area contributed by atoms with Gasteiger partial charge in [0, 0.05) is 12.5 Å². The Labute approximate surface area is 129 Å². The van der Waals surface area contributed by atoms with E-state index in [9.17, 15) is 18.4 Å². The maximum Gasteiger partial charge on any atom is 0.325 e. The topological polar surface area (TPSA) is 88.3 Å². The van der Waals surface area contributed by atoms with Gasteiger partial charge in [0.2, 0.25) is 11.8 Å². The van der Waals surface area contributed by atoms with Gasteiger partial charge in [0.1, 0.15) is 23.7 Å². The number of amides is 3. The third-order valence-corrected chi connectivity index (χ3v) is 3.60. The van der Waals surface area contributed by atoms with Crippen LogP contribution >= 0.6 is 0 Å². The third kappa shape index (κ3) is 2.43. The van der Waals surface area contributed by atoms with Crippen LogP contribution < -0.4 is 5.32 Å². The number of rotatable bonds is 3. The van der Waals surface area contributed by atoms with Gasteiger partial charge in [-0.05, 0) is 25.1 Å². The summed E-state index contributed by atoms with van der Waals surface area (Å²) in [5.41, 5.74) is -1.96. The summed E-state index contributed by atoms with van der Waals surface area (Å²) < 4.78 is 32.5. The number of benzene rings is 1. The molecule has 3 rings (SSSR count). The molecule has 7 nitrogen and oxygen atoms in total. The third-order valence-electron chi connectivity index (χ3n) is 3.60. The Morgan fingerprint density at radius 2 is 2.04 bits per heavy atom. The number of carbonyl (C=O) groups excluding carboxylic acids is 2. The first-order valence-electron chi connectivity index (χ1n) is 6.70. The molecule has 0 spiro atoms. The first kappa shape index (κ1) is 15.1. The van der Waals surface area contributed by atoms with Crippen LogP contribution in [0.2, 0.25) is 0 Å². The van der Waals surface area contributed by atoms with Crippen molar-refractivity contribution in [2.75, 3.05) is 0 Å². The van der Waals surface area contributed by atoms with Gasteiger partial charge in [-0.1, -0.05) is 0 Å². The average molecular weight is 322 g/mol. The molecular formula is C14H12F2N4O3. The molecule has 1 aliphatic rings. The van der Waals surface area contributed by atoms with Crippen molar-refractivity contribution in [3.8, 4) is 0 Å². The van der Waals surface area contributed by atoms with Gasteiger partial charge in [0.15, 0.2) is 0 Å². The summed E-state index contributed by atoms with van der Waals surface area (Å²) in [7, 11) is 0. The highest BCUT2D eigenvalue weighted by atomic mass is 19.1.